The number of nitrogens with zero attached hydrogens (tertiary/aromatic N) is 2. The molecule has 0 aliphatic rings. The molecule has 0 aromatic carbocycles. The Hall–Kier alpha value is -0.860. The SMILES string of the molecule is C/N=C(C)\C(C)=N\O. The van der Waals surface area contributed by atoms with Crippen LogP contribution in [0.25, 0.3) is 0 Å². The van der Waals surface area contributed by atoms with Crippen LogP contribution in [0.15, 0.2) is 10.1 Å². The average Bonchev–Trinajstić information content (AvgIpc) is 1.84. The zero-order chi connectivity index (χ0) is 6.57. The fraction of sp³-hybridized carbons (Fsp3) is 0.600. The van der Waals surface area contributed by atoms with Crippen molar-refractivity contribution in [3.05, 3.63) is 0 Å². The van der Waals surface area contributed by atoms with Crippen LogP contribution >= 0.6 is 0 Å². The van der Waals surface area contributed by atoms with Gasteiger partial charge in [0, 0.05) is 7.05 Å². The maximum absolute atomic E-state index is 8.14. The van der Waals surface area contributed by atoms with Crippen molar-refractivity contribution in [2.75, 3.05) is 7.05 Å². The van der Waals surface area contributed by atoms with Crippen LogP contribution in [-0.2, 0) is 0 Å². The monoisotopic (exact) mass is 114 g/mol. The van der Waals surface area contributed by atoms with E-state index in [1.54, 1.807) is 20.9 Å². The molecule has 0 aromatic heterocycles. The van der Waals surface area contributed by atoms with Gasteiger partial charge in [0.25, 0.3) is 0 Å². The Bertz CT molecular complexity index is 110. The molecule has 0 unspecified atom stereocenters. The molecule has 0 aromatic rings. The average molecular weight is 114 g/mol. The summed E-state index contributed by atoms with van der Waals surface area (Å²) in [5.74, 6) is 0. The van der Waals surface area contributed by atoms with Gasteiger partial charge in [0.1, 0.15) is 0 Å². The summed E-state index contributed by atoms with van der Waals surface area (Å²) in [6, 6.07) is 0. The predicted molar refractivity (Wildman–Crippen MR) is 33.9 cm³/mol. The summed E-state index contributed by atoms with van der Waals surface area (Å²) in [6.07, 6.45) is 0. The summed E-state index contributed by atoms with van der Waals surface area (Å²) in [6.45, 7) is 3.48. The minimum atomic E-state index is 0.563. The standard InChI is InChI=1S/C5H10N2O/c1-4(6-3)5(2)7-8/h8H,1-3H3/b6-4-,7-5+. The number of hydrogen-bond acceptors (Lipinski definition) is 3. The maximum atomic E-state index is 8.14. The molecule has 0 atom stereocenters. The van der Waals surface area contributed by atoms with Crippen LogP contribution in [0, 0.1) is 0 Å². The fourth-order valence-electron chi connectivity index (χ4n) is 0.234. The van der Waals surface area contributed by atoms with Crippen molar-refractivity contribution in [2.45, 2.75) is 13.8 Å². The van der Waals surface area contributed by atoms with E-state index in [4.69, 9.17) is 5.21 Å². The molecule has 0 saturated carbocycles. The van der Waals surface area contributed by atoms with E-state index in [-0.39, 0.29) is 0 Å². The second-order valence-electron chi connectivity index (χ2n) is 1.49. The van der Waals surface area contributed by atoms with E-state index in [0.717, 1.165) is 5.71 Å². The lowest BCUT2D eigenvalue weighted by Gasteiger charge is -1.90. The molecule has 0 radical (unpaired) electrons. The molecule has 1 N–H and O–H groups in total. The van der Waals surface area contributed by atoms with Gasteiger partial charge >= 0.3 is 0 Å². The van der Waals surface area contributed by atoms with Crippen LogP contribution in [0.2, 0.25) is 0 Å². The first kappa shape index (κ1) is 7.14. The highest BCUT2D eigenvalue weighted by atomic mass is 16.4. The third kappa shape index (κ3) is 1.73. The van der Waals surface area contributed by atoms with Gasteiger partial charge in [-0.2, -0.15) is 0 Å². The topological polar surface area (TPSA) is 45.0 Å². The third-order valence-corrected chi connectivity index (χ3v) is 1.01. The summed E-state index contributed by atoms with van der Waals surface area (Å²) in [5.41, 5.74) is 1.32. The lowest BCUT2D eigenvalue weighted by molar-refractivity contribution is 0.320. The molecule has 3 heteroatoms. The lowest BCUT2D eigenvalue weighted by atomic mass is 10.3. The number of oxime groups is 1. The van der Waals surface area contributed by atoms with Gasteiger partial charge in [-0.1, -0.05) is 5.16 Å². The van der Waals surface area contributed by atoms with Crippen LogP contribution in [-0.4, -0.2) is 23.7 Å². The van der Waals surface area contributed by atoms with E-state index >= 15 is 0 Å². The Morgan fingerprint density at radius 2 is 1.75 bits per heavy atom. The van der Waals surface area contributed by atoms with E-state index in [1.165, 1.54) is 0 Å². The minimum Gasteiger partial charge on any atom is -0.411 e. The van der Waals surface area contributed by atoms with Crippen LogP contribution in [0.5, 0.6) is 0 Å². The Kier molecular flexibility index (Phi) is 2.84. The molecular weight excluding hydrogens is 104 g/mol. The highest BCUT2D eigenvalue weighted by Gasteiger charge is 1.91. The molecule has 0 bridgehead atoms. The van der Waals surface area contributed by atoms with Gasteiger partial charge in [0.05, 0.1) is 11.4 Å². The van der Waals surface area contributed by atoms with Gasteiger partial charge < -0.3 is 5.21 Å². The van der Waals surface area contributed by atoms with Gasteiger partial charge in [-0.25, -0.2) is 0 Å². The highest BCUT2D eigenvalue weighted by Crippen LogP contribution is 1.79. The smallest absolute Gasteiger partial charge is 0.0971 e. The molecule has 3 nitrogen and oxygen atoms in total. The normalized spacial score (nSPS) is 14.4. The Labute approximate surface area is 48.7 Å². The quantitative estimate of drug-likeness (QED) is 0.307. The second-order valence-corrected chi connectivity index (χ2v) is 1.49. The summed E-state index contributed by atoms with van der Waals surface area (Å²) >= 11 is 0. The number of aliphatic imine (C=N–C) groups is 1. The number of hydrogen-bond donors (Lipinski definition) is 1. The lowest BCUT2D eigenvalue weighted by Crippen LogP contribution is -2.04. The second kappa shape index (κ2) is 3.18. The first-order valence-electron chi connectivity index (χ1n) is 2.34. The van der Waals surface area contributed by atoms with E-state index < -0.39 is 0 Å². The number of rotatable bonds is 1. The molecule has 0 heterocycles. The molecule has 0 amide bonds. The van der Waals surface area contributed by atoms with Crippen molar-refractivity contribution in [3.8, 4) is 0 Å². The van der Waals surface area contributed by atoms with Gasteiger partial charge in [0.2, 0.25) is 0 Å². The van der Waals surface area contributed by atoms with Crippen molar-refractivity contribution in [2.24, 2.45) is 10.1 Å². The first-order chi connectivity index (χ1) is 3.72. The minimum absolute atomic E-state index is 0.563. The third-order valence-electron chi connectivity index (χ3n) is 1.01. The molecular formula is C5H10N2O. The molecule has 0 aliphatic carbocycles. The van der Waals surface area contributed by atoms with Crippen LogP contribution in [0.4, 0.5) is 0 Å². The van der Waals surface area contributed by atoms with Gasteiger partial charge in [-0.05, 0) is 13.8 Å². The zero-order valence-electron chi connectivity index (χ0n) is 5.34. The highest BCUT2D eigenvalue weighted by molar-refractivity contribution is 6.40. The van der Waals surface area contributed by atoms with Crippen molar-refractivity contribution in [1.29, 1.82) is 0 Å². The fourth-order valence-corrected chi connectivity index (χ4v) is 0.234. The van der Waals surface area contributed by atoms with Crippen molar-refractivity contribution in [1.82, 2.24) is 0 Å². The van der Waals surface area contributed by atoms with E-state index in [2.05, 4.69) is 10.1 Å². The van der Waals surface area contributed by atoms with Gasteiger partial charge in [-0.3, -0.25) is 4.99 Å². The van der Waals surface area contributed by atoms with Crippen LogP contribution in [0.3, 0.4) is 0 Å². The predicted octanol–water partition coefficient (Wildman–Crippen LogP) is 0.927. The molecule has 0 saturated heterocycles. The van der Waals surface area contributed by atoms with E-state index in [9.17, 15) is 0 Å². The van der Waals surface area contributed by atoms with Crippen molar-refractivity contribution >= 4 is 11.4 Å². The zero-order valence-corrected chi connectivity index (χ0v) is 5.34. The molecule has 0 spiro atoms. The summed E-state index contributed by atoms with van der Waals surface area (Å²) in [5, 5.41) is 11.1. The van der Waals surface area contributed by atoms with E-state index in [1.807, 2.05) is 0 Å². The summed E-state index contributed by atoms with van der Waals surface area (Å²) in [4.78, 5) is 3.79. The van der Waals surface area contributed by atoms with Crippen LogP contribution < -0.4 is 0 Å². The molecule has 46 valence electrons. The molecule has 0 aliphatic heterocycles. The van der Waals surface area contributed by atoms with Crippen molar-refractivity contribution < 1.29 is 5.21 Å². The van der Waals surface area contributed by atoms with Gasteiger partial charge in [0.15, 0.2) is 0 Å². The largest absolute Gasteiger partial charge is 0.411 e. The molecule has 0 rings (SSSR count). The first-order valence-corrected chi connectivity index (χ1v) is 2.34. The van der Waals surface area contributed by atoms with Crippen LogP contribution in [0.1, 0.15) is 13.8 Å². The van der Waals surface area contributed by atoms with Crippen molar-refractivity contribution in [3.63, 3.8) is 0 Å². The molecule has 8 heavy (non-hydrogen) atoms. The van der Waals surface area contributed by atoms with E-state index in [0.29, 0.717) is 5.71 Å². The summed E-state index contributed by atoms with van der Waals surface area (Å²) < 4.78 is 0. The molecule has 0 fully saturated rings. The Morgan fingerprint density at radius 1 is 1.25 bits per heavy atom. The summed E-state index contributed by atoms with van der Waals surface area (Å²) in [7, 11) is 1.66. The Balaban J connectivity index is 4.04. The maximum Gasteiger partial charge on any atom is 0.0971 e. The Morgan fingerprint density at radius 3 is 1.88 bits per heavy atom. The van der Waals surface area contributed by atoms with Gasteiger partial charge in [-0.15, -0.1) is 0 Å².